The minimum Gasteiger partial charge on any atom is -0.870 e. The van der Waals surface area contributed by atoms with Crippen LogP contribution in [0.3, 0.4) is 0 Å². The van der Waals surface area contributed by atoms with Crippen molar-refractivity contribution in [3.63, 3.8) is 0 Å². The van der Waals surface area contributed by atoms with Crippen LogP contribution in [0.2, 0.25) is 0 Å². The average molecular weight is 316 g/mol. The zero-order valence-corrected chi connectivity index (χ0v) is 16.2. The van der Waals surface area contributed by atoms with E-state index in [0.717, 1.165) is 0 Å². The summed E-state index contributed by atoms with van der Waals surface area (Å²) in [5.41, 5.74) is 0. The van der Waals surface area contributed by atoms with Crippen molar-refractivity contribution < 1.29 is 9.96 Å². The lowest BCUT2D eigenvalue weighted by Crippen LogP contribution is -2.41. The molecule has 0 aliphatic carbocycles. The molecule has 0 heterocycles. The molecule has 0 amide bonds. The highest BCUT2D eigenvalue weighted by atomic mass is 16.0. The highest BCUT2D eigenvalue weighted by molar-refractivity contribution is 4.47. The SMILES string of the molecule is CCCCCCCCC[N+](C)(C)CCCCCCCCC.[OH-]. The van der Waals surface area contributed by atoms with Crippen LogP contribution >= 0.6 is 0 Å². The van der Waals surface area contributed by atoms with E-state index in [1.54, 1.807) is 0 Å². The molecular formula is C20H45NO. The summed E-state index contributed by atoms with van der Waals surface area (Å²) >= 11 is 0. The lowest BCUT2D eigenvalue weighted by molar-refractivity contribution is -0.890. The second-order valence-corrected chi connectivity index (χ2v) is 7.63. The summed E-state index contributed by atoms with van der Waals surface area (Å²) in [5, 5.41) is 0. The normalized spacial score (nSPS) is 11.5. The van der Waals surface area contributed by atoms with Gasteiger partial charge in [0, 0.05) is 0 Å². The van der Waals surface area contributed by atoms with Crippen LogP contribution in [0, 0.1) is 0 Å². The Morgan fingerprint density at radius 2 is 0.727 bits per heavy atom. The summed E-state index contributed by atoms with van der Waals surface area (Å²) < 4.78 is 1.24. The van der Waals surface area contributed by atoms with E-state index in [9.17, 15) is 0 Å². The molecule has 0 atom stereocenters. The summed E-state index contributed by atoms with van der Waals surface area (Å²) in [7, 11) is 4.85. The fraction of sp³-hybridized carbons (Fsp3) is 1.00. The van der Waals surface area contributed by atoms with Crippen molar-refractivity contribution in [2.45, 2.75) is 104 Å². The third-order valence-electron chi connectivity index (χ3n) is 4.73. The van der Waals surface area contributed by atoms with Crippen LogP contribution in [0.15, 0.2) is 0 Å². The van der Waals surface area contributed by atoms with Gasteiger partial charge in [0.05, 0.1) is 27.2 Å². The van der Waals surface area contributed by atoms with Crippen LogP contribution in [0.5, 0.6) is 0 Å². The van der Waals surface area contributed by atoms with Crippen molar-refractivity contribution in [3.8, 4) is 0 Å². The summed E-state index contributed by atoms with van der Waals surface area (Å²) in [6, 6.07) is 0. The van der Waals surface area contributed by atoms with Crippen molar-refractivity contribution in [3.05, 3.63) is 0 Å². The summed E-state index contributed by atoms with van der Waals surface area (Å²) in [5.74, 6) is 0. The molecular weight excluding hydrogens is 270 g/mol. The van der Waals surface area contributed by atoms with Gasteiger partial charge in [0.2, 0.25) is 0 Å². The summed E-state index contributed by atoms with van der Waals surface area (Å²) in [4.78, 5) is 0. The highest BCUT2D eigenvalue weighted by Crippen LogP contribution is 2.12. The molecule has 0 fully saturated rings. The lowest BCUT2D eigenvalue weighted by Gasteiger charge is -2.30. The predicted octanol–water partition coefficient (Wildman–Crippen LogP) is 6.39. The molecule has 22 heavy (non-hydrogen) atoms. The maximum Gasteiger partial charge on any atom is 0.0782 e. The molecule has 0 aliphatic heterocycles. The molecule has 0 radical (unpaired) electrons. The van der Waals surface area contributed by atoms with Crippen molar-refractivity contribution in [1.29, 1.82) is 0 Å². The number of nitrogens with zero attached hydrogens (tertiary/aromatic N) is 1. The Bertz CT molecular complexity index is 184. The maximum atomic E-state index is 2.42. The minimum absolute atomic E-state index is 0. The van der Waals surface area contributed by atoms with Gasteiger partial charge in [-0.25, -0.2) is 0 Å². The molecule has 0 aliphatic rings. The van der Waals surface area contributed by atoms with E-state index in [1.807, 2.05) is 0 Å². The van der Waals surface area contributed by atoms with Gasteiger partial charge in [0.15, 0.2) is 0 Å². The first-order chi connectivity index (χ1) is 10.1. The first-order valence-corrected chi connectivity index (χ1v) is 9.94. The van der Waals surface area contributed by atoms with Gasteiger partial charge in [-0.1, -0.05) is 78.1 Å². The van der Waals surface area contributed by atoms with Crippen molar-refractivity contribution >= 4 is 0 Å². The average Bonchev–Trinajstić information content (AvgIpc) is 2.45. The molecule has 0 bridgehead atoms. The minimum atomic E-state index is 0. The Balaban J connectivity index is 0. The fourth-order valence-corrected chi connectivity index (χ4v) is 3.11. The fourth-order valence-electron chi connectivity index (χ4n) is 3.11. The predicted molar refractivity (Wildman–Crippen MR) is 99.8 cm³/mol. The van der Waals surface area contributed by atoms with E-state index < -0.39 is 0 Å². The van der Waals surface area contributed by atoms with Crippen molar-refractivity contribution in [1.82, 2.24) is 0 Å². The monoisotopic (exact) mass is 315 g/mol. The molecule has 136 valence electrons. The number of quaternary nitrogens is 1. The Kier molecular flexibility index (Phi) is 19.0. The Labute approximate surface area is 141 Å². The molecule has 0 saturated carbocycles. The first-order valence-electron chi connectivity index (χ1n) is 9.94. The number of hydrogen-bond donors (Lipinski definition) is 0. The molecule has 2 heteroatoms. The maximum absolute atomic E-state index is 2.42. The molecule has 0 aromatic rings. The largest absolute Gasteiger partial charge is 0.870 e. The number of rotatable bonds is 16. The third kappa shape index (κ3) is 18.0. The van der Waals surface area contributed by atoms with Gasteiger partial charge in [0.1, 0.15) is 0 Å². The Hall–Kier alpha value is -0.0800. The summed E-state index contributed by atoms with van der Waals surface area (Å²) in [6.07, 6.45) is 20.1. The van der Waals surface area contributed by atoms with Crippen LogP contribution in [0.1, 0.15) is 104 Å². The van der Waals surface area contributed by atoms with Gasteiger partial charge in [0.25, 0.3) is 0 Å². The van der Waals surface area contributed by atoms with Crippen LogP contribution < -0.4 is 0 Å². The van der Waals surface area contributed by atoms with E-state index >= 15 is 0 Å². The smallest absolute Gasteiger partial charge is 0.0782 e. The van der Waals surface area contributed by atoms with Gasteiger partial charge < -0.3 is 9.96 Å². The molecule has 0 unspecified atom stereocenters. The van der Waals surface area contributed by atoms with E-state index in [-0.39, 0.29) is 5.48 Å². The Morgan fingerprint density at radius 3 is 1.05 bits per heavy atom. The zero-order valence-electron chi connectivity index (χ0n) is 16.2. The lowest BCUT2D eigenvalue weighted by atomic mass is 10.1. The van der Waals surface area contributed by atoms with Gasteiger partial charge in [-0.3, -0.25) is 0 Å². The van der Waals surface area contributed by atoms with Gasteiger partial charge >= 0.3 is 0 Å². The molecule has 0 aromatic heterocycles. The molecule has 0 saturated heterocycles. The first kappa shape index (κ1) is 24.2. The molecule has 1 N–H and O–H groups in total. The number of hydrogen-bond acceptors (Lipinski definition) is 1. The standard InChI is InChI=1S/C20H44N.H2O/c1-5-7-9-11-13-15-17-19-21(3,4)20-18-16-14-12-10-8-6-2;/h5-20H2,1-4H3;1H2/q+1;/p-1. The van der Waals surface area contributed by atoms with Gasteiger partial charge in [-0.15, -0.1) is 0 Å². The van der Waals surface area contributed by atoms with Crippen LogP contribution in [0.4, 0.5) is 0 Å². The number of unbranched alkanes of at least 4 members (excludes halogenated alkanes) is 12. The quantitative estimate of drug-likeness (QED) is 0.240. The third-order valence-corrected chi connectivity index (χ3v) is 4.73. The van der Waals surface area contributed by atoms with Crippen LogP contribution in [0.25, 0.3) is 0 Å². The van der Waals surface area contributed by atoms with E-state index in [0.29, 0.717) is 0 Å². The molecule has 0 rings (SSSR count). The van der Waals surface area contributed by atoms with E-state index in [2.05, 4.69) is 27.9 Å². The van der Waals surface area contributed by atoms with Crippen LogP contribution in [-0.2, 0) is 0 Å². The van der Waals surface area contributed by atoms with Gasteiger partial charge in [-0.05, 0) is 25.7 Å². The van der Waals surface area contributed by atoms with Crippen molar-refractivity contribution in [2.75, 3.05) is 27.2 Å². The second kappa shape index (κ2) is 17.3. The van der Waals surface area contributed by atoms with Crippen molar-refractivity contribution in [2.24, 2.45) is 0 Å². The zero-order chi connectivity index (χ0) is 15.8. The van der Waals surface area contributed by atoms with E-state index in [1.165, 1.54) is 107 Å². The molecule has 2 nitrogen and oxygen atoms in total. The van der Waals surface area contributed by atoms with Gasteiger partial charge in [-0.2, -0.15) is 0 Å². The molecule has 0 aromatic carbocycles. The molecule has 0 spiro atoms. The highest BCUT2D eigenvalue weighted by Gasteiger charge is 2.13. The van der Waals surface area contributed by atoms with E-state index in [4.69, 9.17) is 0 Å². The van der Waals surface area contributed by atoms with Crippen LogP contribution in [-0.4, -0.2) is 37.1 Å². The Morgan fingerprint density at radius 1 is 0.455 bits per heavy atom. The summed E-state index contributed by atoms with van der Waals surface area (Å²) in [6.45, 7) is 7.35. The second-order valence-electron chi connectivity index (χ2n) is 7.63. The topological polar surface area (TPSA) is 30.0 Å².